The summed E-state index contributed by atoms with van der Waals surface area (Å²) in [6.07, 6.45) is 8.87. The molecule has 9 rings (SSSR count). The zero-order valence-corrected chi connectivity index (χ0v) is 29.9. The van der Waals surface area contributed by atoms with Crippen LogP contribution < -0.4 is 16.0 Å². The fourth-order valence-corrected chi connectivity index (χ4v) is 7.54. The monoisotopic (exact) mass is 672 g/mol. The number of hydrogen-bond acceptors (Lipinski definition) is 2. The summed E-state index contributed by atoms with van der Waals surface area (Å²) >= 11 is 0. The molecule has 0 spiro atoms. The summed E-state index contributed by atoms with van der Waals surface area (Å²) in [4.78, 5) is 13.2. The summed E-state index contributed by atoms with van der Waals surface area (Å²) in [5, 5.41) is 6.05. The van der Waals surface area contributed by atoms with Gasteiger partial charge in [0.05, 0.1) is 17.5 Å². The van der Waals surface area contributed by atoms with Crippen LogP contribution in [0.4, 0.5) is 0 Å². The highest BCUT2D eigenvalue weighted by molar-refractivity contribution is 6.30. The van der Waals surface area contributed by atoms with Crippen LogP contribution in [0.3, 0.4) is 0 Å². The lowest BCUT2D eigenvalue weighted by molar-refractivity contribution is 0.855. The molecular formula is C48H40N4. The van der Waals surface area contributed by atoms with Crippen LogP contribution in [0.1, 0.15) is 55.9 Å². The molecule has 0 aliphatic carbocycles. The van der Waals surface area contributed by atoms with E-state index in [4.69, 9.17) is 4.99 Å². The number of aromatic nitrogens is 2. The Morgan fingerprint density at radius 3 is 1.54 bits per heavy atom. The molecule has 0 amide bonds. The largest absolute Gasteiger partial charge is 0.374 e. The zero-order chi connectivity index (χ0) is 35.3. The minimum Gasteiger partial charge on any atom is -0.374 e. The molecule has 8 bridgehead atoms. The molecule has 4 nitrogen and oxygen atoms in total. The molecule has 6 aromatic rings. The summed E-state index contributed by atoms with van der Waals surface area (Å²) in [6, 6.07) is 44.0. The summed E-state index contributed by atoms with van der Waals surface area (Å²) in [5.41, 5.74) is 18.9. The number of aryl methyl sites for hydroxylation is 4. The van der Waals surface area contributed by atoms with Crippen LogP contribution in [0.15, 0.2) is 162 Å². The second-order valence-corrected chi connectivity index (χ2v) is 14.2. The molecule has 0 saturated carbocycles. The number of rotatable bonds is 4. The van der Waals surface area contributed by atoms with E-state index in [0.29, 0.717) is 0 Å². The second kappa shape index (κ2) is 12.7. The molecule has 52 heavy (non-hydrogen) atoms. The molecule has 0 radical (unpaired) electrons. The third-order valence-electron chi connectivity index (χ3n) is 10.4. The van der Waals surface area contributed by atoms with Crippen molar-refractivity contribution in [3.05, 3.63) is 224 Å². The van der Waals surface area contributed by atoms with Gasteiger partial charge in [-0.05, 0) is 92.4 Å². The SMILES string of the molecule is Cc1ccc(/C2=C3\C=CC(=N3)/C(c3ccc(C)cc3)=c3/cc/c([nH]3)=C(\c3ccc(C)cc3)C3C=C/C(=C(\c4ccc(C)cc4)c4ccc2[nH]4)N3)cc1. The van der Waals surface area contributed by atoms with Crippen LogP contribution in [0.25, 0.3) is 22.3 Å². The van der Waals surface area contributed by atoms with E-state index < -0.39 is 0 Å². The van der Waals surface area contributed by atoms with E-state index in [1.54, 1.807) is 0 Å². The summed E-state index contributed by atoms with van der Waals surface area (Å²) in [6.45, 7) is 8.53. The van der Waals surface area contributed by atoms with E-state index in [2.05, 4.69) is 189 Å². The number of allylic oxidation sites excluding steroid dienone is 3. The lowest BCUT2D eigenvalue weighted by atomic mass is 9.97. The molecule has 252 valence electrons. The van der Waals surface area contributed by atoms with Gasteiger partial charge >= 0.3 is 0 Å². The first-order valence-electron chi connectivity index (χ1n) is 18.0. The molecule has 3 aliphatic rings. The molecule has 0 saturated heterocycles. The van der Waals surface area contributed by atoms with Crippen molar-refractivity contribution in [2.45, 2.75) is 33.7 Å². The minimum absolute atomic E-state index is 0.0619. The predicted octanol–water partition coefficient (Wildman–Crippen LogP) is 8.75. The van der Waals surface area contributed by atoms with Crippen LogP contribution in [-0.2, 0) is 0 Å². The number of hydrogen-bond donors (Lipinski definition) is 3. The standard InChI is InChI=1S/C48H40N4/c1-29-5-13-33(14-6-29)45-37-21-23-39(49-37)46(34-15-7-30(2)8-16-34)41-25-27-43(51-41)48(36-19-11-32(4)12-20-36)44-28-26-42(52-44)47(40-24-22-38(45)50-40)35-17-9-31(3)10-18-35/h5-28,37,49-51H,1-4H3/b45-38-,46-39-,47-40-,48-44-. The third kappa shape index (κ3) is 5.72. The van der Waals surface area contributed by atoms with Crippen molar-refractivity contribution < 1.29 is 0 Å². The highest BCUT2D eigenvalue weighted by atomic mass is 15.0. The van der Waals surface area contributed by atoms with Crippen molar-refractivity contribution in [3.63, 3.8) is 0 Å². The van der Waals surface area contributed by atoms with Crippen molar-refractivity contribution in [1.82, 2.24) is 15.3 Å². The first-order chi connectivity index (χ1) is 25.4. The predicted molar refractivity (Wildman–Crippen MR) is 215 cm³/mol. The Morgan fingerprint density at radius 2 is 0.942 bits per heavy atom. The van der Waals surface area contributed by atoms with Crippen molar-refractivity contribution in [2.24, 2.45) is 4.99 Å². The van der Waals surface area contributed by atoms with Gasteiger partial charge < -0.3 is 15.3 Å². The topological polar surface area (TPSA) is 56.0 Å². The van der Waals surface area contributed by atoms with Crippen LogP contribution in [-0.4, -0.2) is 21.7 Å². The fourth-order valence-electron chi connectivity index (χ4n) is 7.54. The summed E-state index contributed by atoms with van der Waals surface area (Å²) in [7, 11) is 0. The molecule has 0 fully saturated rings. The van der Waals surface area contributed by atoms with Gasteiger partial charge in [0, 0.05) is 50.1 Å². The van der Waals surface area contributed by atoms with Gasteiger partial charge in [-0.2, -0.15) is 0 Å². The van der Waals surface area contributed by atoms with Crippen molar-refractivity contribution in [2.75, 3.05) is 0 Å². The van der Waals surface area contributed by atoms with E-state index in [1.165, 1.54) is 33.4 Å². The zero-order valence-electron chi connectivity index (χ0n) is 29.9. The number of aliphatic imine (C=N–C) groups is 1. The molecule has 4 aromatic carbocycles. The smallest absolute Gasteiger partial charge is 0.0737 e. The third-order valence-corrected chi connectivity index (χ3v) is 10.4. The van der Waals surface area contributed by atoms with Gasteiger partial charge in [0.15, 0.2) is 0 Å². The normalized spacial score (nSPS) is 21.4. The first kappa shape index (κ1) is 31.6. The van der Waals surface area contributed by atoms with Gasteiger partial charge in [-0.3, -0.25) is 0 Å². The molecule has 5 heterocycles. The maximum Gasteiger partial charge on any atom is 0.0737 e. The van der Waals surface area contributed by atoms with Crippen LogP contribution in [0.2, 0.25) is 0 Å². The van der Waals surface area contributed by atoms with Gasteiger partial charge in [-0.1, -0.05) is 125 Å². The van der Waals surface area contributed by atoms with Gasteiger partial charge in [0.2, 0.25) is 0 Å². The van der Waals surface area contributed by atoms with Gasteiger partial charge in [-0.15, -0.1) is 0 Å². The van der Waals surface area contributed by atoms with Gasteiger partial charge in [0.1, 0.15) is 0 Å². The maximum atomic E-state index is 5.42. The Kier molecular flexibility index (Phi) is 7.74. The minimum atomic E-state index is -0.0619. The first-order valence-corrected chi connectivity index (χ1v) is 18.0. The molecule has 2 aromatic heterocycles. The Labute approximate surface area is 304 Å². The fraction of sp³-hybridized carbons (Fsp3) is 0.104. The Balaban J connectivity index is 1.38. The van der Waals surface area contributed by atoms with E-state index in [9.17, 15) is 0 Å². The molecule has 1 atom stereocenters. The summed E-state index contributed by atoms with van der Waals surface area (Å²) in [5.74, 6) is 0. The Hall–Kier alpha value is -6.39. The van der Waals surface area contributed by atoms with Gasteiger partial charge in [-0.25, -0.2) is 4.99 Å². The number of fused-ring (bicyclic) bond motifs is 7. The molecule has 4 heteroatoms. The highest BCUT2D eigenvalue weighted by Crippen LogP contribution is 2.36. The molecule has 3 aliphatic heterocycles. The van der Waals surface area contributed by atoms with Crippen LogP contribution in [0.5, 0.6) is 0 Å². The number of H-pyrrole nitrogens is 2. The number of benzene rings is 4. The summed E-state index contributed by atoms with van der Waals surface area (Å²) < 4.78 is 0. The molecular weight excluding hydrogens is 633 g/mol. The Morgan fingerprint density at radius 1 is 0.442 bits per heavy atom. The van der Waals surface area contributed by atoms with Gasteiger partial charge in [0.25, 0.3) is 0 Å². The lowest BCUT2D eigenvalue weighted by Crippen LogP contribution is -2.30. The van der Waals surface area contributed by atoms with E-state index in [1.807, 2.05) is 0 Å². The maximum absolute atomic E-state index is 5.42. The quantitative estimate of drug-likeness (QED) is 0.172. The van der Waals surface area contributed by atoms with E-state index in [-0.39, 0.29) is 6.04 Å². The van der Waals surface area contributed by atoms with E-state index in [0.717, 1.165) is 72.6 Å². The van der Waals surface area contributed by atoms with Crippen molar-refractivity contribution in [1.29, 1.82) is 0 Å². The molecule has 3 N–H and O–H groups in total. The van der Waals surface area contributed by atoms with Crippen molar-refractivity contribution in [3.8, 4) is 0 Å². The second-order valence-electron chi connectivity index (χ2n) is 14.2. The average molecular weight is 673 g/mol. The van der Waals surface area contributed by atoms with Crippen LogP contribution >= 0.6 is 0 Å². The highest BCUT2D eigenvalue weighted by Gasteiger charge is 2.25. The molecule has 1 unspecified atom stereocenters. The Bertz CT molecular complexity index is 2630. The number of nitrogens with one attached hydrogen (secondary N) is 3. The number of aromatic amines is 2. The van der Waals surface area contributed by atoms with Crippen molar-refractivity contribution >= 4 is 28.0 Å². The average Bonchev–Trinajstić information content (AvgIpc) is 3.99. The number of nitrogens with zero attached hydrogens (tertiary/aromatic N) is 1. The van der Waals surface area contributed by atoms with Crippen LogP contribution in [0, 0.1) is 27.7 Å². The lowest BCUT2D eigenvalue weighted by Gasteiger charge is -2.19. The van der Waals surface area contributed by atoms with E-state index >= 15 is 0 Å².